The molecule has 0 aromatic heterocycles. The zero-order chi connectivity index (χ0) is 23.9. The van der Waals surface area contributed by atoms with Crippen LogP contribution in [0.4, 0.5) is 0 Å². The number of Topliss-reactive ketones (excluding diaryl/α,β-unsaturated/α-hetero) is 1. The van der Waals surface area contributed by atoms with Gasteiger partial charge < -0.3 is 24.1 Å². The molecule has 4 aliphatic heterocycles. The number of ether oxygens (including phenoxy) is 4. The second-order valence-corrected chi connectivity index (χ2v) is 12.2. The van der Waals surface area contributed by atoms with Gasteiger partial charge in [-0.2, -0.15) is 0 Å². The van der Waals surface area contributed by atoms with E-state index in [1.807, 2.05) is 27.7 Å². The molecule has 0 amide bonds. The first-order chi connectivity index (χ1) is 15.1. The Morgan fingerprint density at radius 1 is 1.06 bits per heavy atom. The molecule has 8 nitrogen and oxygen atoms in total. The van der Waals surface area contributed by atoms with E-state index in [9.17, 15) is 19.5 Å². The molecule has 0 aromatic rings. The monoisotopic (exact) mass is 456 g/mol. The lowest BCUT2D eigenvalue weighted by Crippen LogP contribution is -2.65. The predicted octanol–water partition coefficient (Wildman–Crippen LogP) is 1.39. The molecule has 8 heteroatoms. The smallest absolute Gasteiger partial charge is 0.331 e. The van der Waals surface area contributed by atoms with Crippen LogP contribution in [0.25, 0.3) is 0 Å². The highest BCUT2D eigenvalue weighted by atomic mass is 16.7. The van der Waals surface area contributed by atoms with Crippen molar-refractivity contribution in [2.45, 2.75) is 88.7 Å². The fourth-order valence-electron chi connectivity index (χ4n) is 9.36. The summed E-state index contributed by atoms with van der Waals surface area (Å²) in [5, 5.41) is 12.1. The maximum Gasteiger partial charge on any atom is 0.331 e. The Bertz CT molecular complexity index is 1180. The molecule has 4 heterocycles. The third kappa shape index (κ3) is 1.45. The van der Waals surface area contributed by atoms with Crippen molar-refractivity contribution >= 4 is 17.7 Å². The summed E-state index contributed by atoms with van der Waals surface area (Å²) in [6, 6.07) is 0. The van der Waals surface area contributed by atoms with E-state index in [0.717, 1.165) is 0 Å². The number of ketones is 1. The van der Waals surface area contributed by atoms with Crippen LogP contribution in [-0.2, 0) is 33.3 Å². The van der Waals surface area contributed by atoms with Gasteiger partial charge >= 0.3 is 11.9 Å². The van der Waals surface area contributed by atoms with E-state index in [1.165, 1.54) is 6.08 Å². The highest BCUT2D eigenvalue weighted by Gasteiger charge is 2.96. The quantitative estimate of drug-likeness (QED) is 0.331. The fourth-order valence-corrected chi connectivity index (χ4v) is 9.36. The van der Waals surface area contributed by atoms with E-state index in [-0.39, 0.29) is 5.92 Å². The number of carbonyl (C=O) groups excluding carboxylic acids is 3. The third-order valence-corrected chi connectivity index (χ3v) is 10.9. The summed E-state index contributed by atoms with van der Waals surface area (Å²) in [5.41, 5.74) is -7.66. The molecular weight excluding hydrogens is 428 g/mol. The Morgan fingerprint density at radius 3 is 2.39 bits per heavy atom. The molecule has 3 saturated heterocycles. The summed E-state index contributed by atoms with van der Waals surface area (Å²) in [4.78, 5) is 40.3. The van der Waals surface area contributed by atoms with Crippen LogP contribution in [0.1, 0.15) is 48.0 Å². The molecule has 2 spiro atoms. The molecule has 3 aliphatic carbocycles. The summed E-state index contributed by atoms with van der Waals surface area (Å²) in [6.07, 6.45) is -0.366. The van der Waals surface area contributed by atoms with Crippen molar-refractivity contribution in [1.82, 2.24) is 0 Å². The molecule has 6 fully saturated rings. The van der Waals surface area contributed by atoms with Crippen LogP contribution < -0.4 is 0 Å². The minimum atomic E-state index is -2.06. The van der Waals surface area contributed by atoms with E-state index in [2.05, 4.69) is 6.58 Å². The molecular formula is C25H28O8. The molecule has 0 aromatic carbocycles. The molecule has 4 bridgehead atoms. The van der Waals surface area contributed by atoms with Crippen LogP contribution in [0.15, 0.2) is 23.8 Å². The van der Waals surface area contributed by atoms with Crippen molar-refractivity contribution in [3.05, 3.63) is 23.8 Å². The normalized spacial score (nSPS) is 60.9. The first-order valence-corrected chi connectivity index (χ1v) is 11.6. The zero-order valence-corrected chi connectivity index (χ0v) is 19.6. The molecule has 3 saturated carbocycles. The summed E-state index contributed by atoms with van der Waals surface area (Å²) < 4.78 is 24.4. The van der Waals surface area contributed by atoms with Gasteiger partial charge in [-0.3, -0.25) is 9.59 Å². The average molecular weight is 456 g/mol. The number of cyclic esters (lactones) is 2. The topological polar surface area (TPSA) is 112 Å². The third-order valence-electron chi connectivity index (χ3n) is 10.9. The minimum Gasteiger partial charge on any atom is -0.458 e. The molecule has 7 rings (SSSR count). The molecule has 176 valence electrons. The van der Waals surface area contributed by atoms with Crippen molar-refractivity contribution < 1.29 is 38.4 Å². The van der Waals surface area contributed by atoms with Crippen molar-refractivity contribution in [1.29, 1.82) is 0 Å². The summed E-state index contributed by atoms with van der Waals surface area (Å²) in [7, 11) is 0. The SMILES string of the molecule is C=C1[C@@]2(C)C[C@H]3[C@](C)([C@H]4O[C@@]3(C)C3=CC(=O)OC(C)(C)[C@@]35O[C@@H]45)[C@@]13C(=O)O[C@H](C)[C@@]3(O)C2=O. The van der Waals surface area contributed by atoms with Gasteiger partial charge in [-0.1, -0.05) is 13.5 Å². The van der Waals surface area contributed by atoms with Crippen molar-refractivity contribution in [2.24, 2.45) is 22.2 Å². The molecule has 7 aliphatic rings. The first-order valence-electron chi connectivity index (χ1n) is 11.6. The van der Waals surface area contributed by atoms with E-state index < -0.39 is 74.7 Å². The van der Waals surface area contributed by atoms with Gasteiger partial charge in [0.2, 0.25) is 0 Å². The second kappa shape index (κ2) is 4.72. The Morgan fingerprint density at radius 2 is 1.73 bits per heavy atom. The van der Waals surface area contributed by atoms with Gasteiger partial charge in [0, 0.05) is 23.0 Å². The van der Waals surface area contributed by atoms with Gasteiger partial charge in [-0.25, -0.2) is 4.79 Å². The van der Waals surface area contributed by atoms with Gasteiger partial charge in [0.05, 0.1) is 17.1 Å². The molecule has 10 atom stereocenters. The maximum atomic E-state index is 13.9. The Hall–Kier alpha value is -2.03. The Labute approximate surface area is 191 Å². The van der Waals surface area contributed by atoms with E-state index in [0.29, 0.717) is 17.6 Å². The van der Waals surface area contributed by atoms with Gasteiger partial charge in [-0.05, 0) is 46.6 Å². The fraction of sp³-hybridized carbons (Fsp3) is 0.720. The van der Waals surface area contributed by atoms with Crippen LogP contribution in [0.3, 0.4) is 0 Å². The van der Waals surface area contributed by atoms with Crippen molar-refractivity contribution in [3.63, 3.8) is 0 Å². The number of aliphatic hydroxyl groups is 1. The first kappa shape index (κ1) is 20.4. The number of rotatable bonds is 0. The lowest BCUT2D eigenvalue weighted by atomic mass is 9.44. The van der Waals surface area contributed by atoms with E-state index in [1.54, 1.807) is 13.8 Å². The van der Waals surface area contributed by atoms with Gasteiger partial charge in [0.25, 0.3) is 0 Å². The van der Waals surface area contributed by atoms with Crippen LogP contribution in [0, 0.1) is 22.2 Å². The Balaban J connectivity index is 1.57. The summed E-state index contributed by atoms with van der Waals surface area (Å²) >= 11 is 0. The number of hydrogen-bond donors (Lipinski definition) is 1. The van der Waals surface area contributed by atoms with E-state index in [4.69, 9.17) is 18.9 Å². The number of fused-ring (bicyclic) bond motifs is 3. The summed E-state index contributed by atoms with van der Waals surface area (Å²) in [5.74, 6) is -1.90. The van der Waals surface area contributed by atoms with Crippen LogP contribution in [0.2, 0.25) is 0 Å². The zero-order valence-electron chi connectivity index (χ0n) is 19.6. The van der Waals surface area contributed by atoms with Crippen LogP contribution >= 0.6 is 0 Å². The Kier molecular flexibility index (Phi) is 2.91. The number of esters is 2. The predicted molar refractivity (Wildman–Crippen MR) is 111 cm³/mol. The molecule has 0 radical (unpaired) electrons. The summed E-state index contributed by atoms with van der Waals surface area (Å²) in [6.45, 7) is 15.1. The largest absolute Gasteiger partial charge is 0.458 e. The van der Waals surface area contributed by atoms with Gasteiger partial charge in [0.1, 0.15) is 23.2 Å². The maximum absolute atomic E-state index is 13.9. The van der Waals surface area contributed by atoms with E-state index >= 15 is 0 Å². The highest BCUT2D eigenvalue weighted by Crippen LogP contribution is 2.84. The average Bonchev–Trinajstić information content (AvgIpc) is 3.36. The second-order valence-electron chi connectivity index (χ2n) is 12.2. The number of hydrogen-bond acceptors (Lipinski definition) is 8. The lowest BCUT2D eigenvalue weighted by Gasteiger charge is -2.54. The molecule has 1 N–H and O–H groups in total. The van der Waals surface area contributed by atoms with Crippen molar-refractivity contribution in [3.8, 4) is 0 Å². The van der Waals surface area contributed by atoms with Gasteiger partial charge in [-0.15, -0.1) is 0 Å². The van der Waals surface area contributed by atoms with Crippen LogP contribution in [-0.4, -0.2) is 63.5 Å². The van der Waals surface area contributed by atoms with Gasteiger partial charge in [0.15, 0.2) is 17.0 Å². The number of carbonyl (C=O) groups is 3. The van der Waals surface area contributed by atoms with Crippen LogP contribution in [0.5, 0.6) is 0 Å². The standard InChI is InChI=1S/C25H28O8/c1-10-20(5)9-13-21(6,23(10)18(28)30-11(2)24(23,29)17(20)27)15-16-25(33-16)12(22(13,7)32-15)8-14(26)31-19(25,3)4/h8,11,13,15-16,29H,1,9H2,2-7H3/t11-,13+,15+,16+,20-,21-,22+,23+,24-,25-/m1/s1. The molecule has 0 unspecified atom stereocenters. The minimum absolute atomic E-state index is 0.341. The van der Waals surface area contributed by atoms with Crippen molar-refractivity contribution in [2.75, 3.05) is 0 Å². The number of epoxide rings is 1. The highest BCUT2D eigenvalue weighted by molar-refractivity contribution is 6.11. The lowest BCUT2D eigenvalue weighted by molar-refractivity contribution is -0.168. The molecule has 33 heavy (non-hydrogen) atoms.